The van der Waals surface area contributed by atoms with E-state index in [-0.39, 0.29) is 119 Å². The van der Waals surface area contributed by atoms with Crippen LogP contribution in [0.15, 0.2) is 96.8 Å². The number of hydrogen-bond donors (Lipinski definition) is 4. The molecule has 6 aliphatic heterocycles. The predicted octanol–water partition coefficient (Wildman–Crippen LogP) is 13.0. The number of amides is 2. The van der Waals surface area contributed by atoms with E-state index in [2.05, 4.69) is 55.1 Å². The van der Waals surface area contributed by atoms with Gasteiger partial charge in [0.1, 0.15) is 41.0 Å². The fourth-order valence-corrected chi connectivity index (χ4v) is 12.5. The van der Waals surface area contributed by atoms with E-state index in [4.69, 9.17) is 51.6 Å². The number of nitrogens with one attached hydrogen (secondary N) is 2. The van der Waals surface area contributed by atoms with Crippen LogP contribution in [0.2, 0.25) is 10.0 Å². The molecule has 0 aliphatic carbocycles. The first-order valence-corrected chi connectivity index (χ1v) is 31.0. The van der Waals surface area contributed by atoms with Gasteiger partial charge in [0, 0.05) is 83.3 Å². The summed E-state index contributed by atoms with van der Waals surface area (Å²) in [7, 11) is 4.99. The zero-order chi connectivity index (χ0) is 64.1. The van der Waals surface area contributed by atoms with Crippen molar-refractivity contribution in [3.05, 3.63) is 141 Å². The maximum Gasteiger partial charge on any atom is 0.288 e. The Labute approximate surface area is 561 Å². The minimum absolute atomic E-state index is 0. The third kappa shape index (κ3) is 18.2. The number of carbonyl (C=O) groups is 3. The number of carbonyl (C=O) groups excluding carboxylic acids is 3. The molecule has 14 unspecified atom stereocenters. The number of fused-ring (bicyclic) bond motifs is 10. The van der Waals surface area contributed by atoms with Crippen molar-refractivity contribution in [2.24, 2.45) is 23.7 Å². The topological polar surface area (TPSA) is 198 Å². The molecule has 4 fully saturated rings. The molecule has 8 rings (SSSR count). The van der Waals surface area contributed by atoms with Gasteiger partial charge in [-0.1, -0.05) is 125 Å². The minimum Gasteiger partial charge on any atom is -0.653 e. The average Bonchev–Trinajstić information content (AvgIpc) is 2.10. The van der Waals surface area contributed by atoms with Crippen LogP contribution in [0.25, 0.3) is 5.32 Å². The number of rotatable bonds is 5. The number of benzene rings is 2. The first-order valence-electron chi connectivity index (χ1n) is 30.2. The number of likely N-dealkylation sites (N-methyl/N-ethyl adjacent to an activating group) is 1. The largest absolute Gasteiger partial charge is 0.653 e. The van der Waals surface area contributed by atoms with Gasteiger partial charge < -0.3 is 70.8 Å². The molecule has 16 nitrogen and oxygen atoms in total. The van der Waals surface area contributed by atoms with Gasteiger partial charge in [0.05, 0.1) is 58.7 Å². The van der Waals surface area contributed by atoms with E-state index in [0.717, 1.165) is 33.4 Å². The van der Waals surface area contributed by atoms with Crippen LogP contribution in [0.3, 0.4) is 0 Å². The zero-order valence-corrected chi connectivity index (χ0v) is 59.0. The normalized spacial score (nSPS) is 34.7. The van der Waals surface area contributed by atoms with Crippen molar-refractivity contribution in [3.8, 4) is 0 Å². The van der Waals surface area contributed by atoms with Gasteiger partial charge in [0.2, 0.25) is 11.8 Å². The Morgan fingerprint density at radius 3 is 1.48 bits per heavy atom. The second kappa shape index (κ2) is 31.5. The number of nitrogens with zero attached hydrogens (tertiary/aromatic N) is 3. The van der Waals surface area contributed by atoms with Gasteiger partial charge in [-0.05, 0) is 122 Å². The van der Waals surface area contributed by atoms with E-state index in [0.29, 0.717) is 46.6 Å². The third-order valence-electron chi connectivity index (χ3n) is 17.7. The first-order chi connectivity index (χ1) is 40.1. The van der Waals surface area contributed by atoms with E-state index >= 15 is 0 Å². The van der Waals surface area contributed by atoms with E-state index in [1.807, 2.05) is 138 Å². The number of halogens is 2. The zero-order valence-electron chi connectivity index (χ0n) is 54.7. The number of aryl methyl sites for hydroxylation is 2. The van der Waals surface area contributed by atoms with E-state index in [1.165, 1.54) is 4.90 Å². The molecule has 1 radical (unpaired) electrons. The number of epoxide rings is 2. The first kappa shape index (κ1) is 76.4. The Morgan fingerprint density at radius 1 is 0.727 bits per heavy atom. The van der Waals surface area contributed by atoms with Crippen molar-refractivity contribution in [2.45, 2.75) is 221 Å². The van der Waals surface area contributed by atoms with Gasteiger partial charge in [-0.25, -0.2) is 0 Å². The van der Waals surface area contributed by atoms with Crippen LogP contribution < -0.4 is 20.4 Å². The number of ether oxygens (including phenoxy) is 6. The SMILES string of the molecule is C.C=C1NC2(O)CC(O1)C(C)C1OC1(C)C(OC(=O)[C@H](C)[N-]C)CC(=O)N(C)c1cc(cc(C)c1Cl)C/C(C)=C/C=C/C2C.C=C1NC2(O)CC(O1)C(C)C1OC1(C)C(OC(C)C)CC(=O)N(C)c1cc(cc(C)c1Cl)C/C(C)=C/C=C/C2C.C[CH-]C.[Y]. The molecule has 6 heterocycles. The number of allylic oxidation sites excluding steroid dienone is 6. The smallest absolute Gasteiger partial charge is 0.288 e. The molecule has 2 aromatic carbocycles. The number of esters is 1. The second-order valence-corrected chi connectivity index (χ2v) is 26.2. The van der Waals surface area contributed by atoms with Crippen molar-refractivity contribution < 1.29 is 85.7 Å². The maximum atomic E-state index is 13.8. The van der Waals surface area contributed by atoms with Gasteiger partial charge in [0.25, 0.3) is 5.97 Å². The Bertz CT molecular complexity index is 2950. The van der Waals surface area contributed by atoms with Crippen molar-refractivity contribution in [1.29, 1.82) is 0 Å². The molecule has 487 valence electrons. The summed E-state index contributed by atoms with van der Waals surface area (Å²) in [6.07, 6.45) is 13.1. The quantitative estimate of drug-likeness (QED) is 0.125. The van der Waals surface area contributed by atoms with Gasteiger partial charge in [-0.2, -0.15) is 20.9 Å². The van der Waals surface area contributed by atoms with Crippen LogP contribution in [-0.4, -0.2) is 121 Å². The predicted molar refractivity (Wildman–Crippen MR) is 349 cm³/mol. The molecule has 4 saturated heterocycles. The van der Waals surface area contributed by atoms with Crippen molar-refractivity contribution >= 4 is 52.4 Å². The summed E-state index contributed by atoms with van der Waals surface area (Å²) in [6, 6.07) is 7.29. The van der Waals surface area contributed by atoms with Crippen LogP contribution in [0.4, 0.5) is 11.4 Å². The molecular formula is C69H101Cl2N5O11Y-2. The van der Waals surface area contributed by atoms with Crippen molar-refractivity contribution in [2.75, 3.05) is 30.9 Å². The summed E-state index contributed by atoms with van der Waals surface area (Å²) in [5.74, 6) is -1.11. The van der Waals surface area contributed by atoms with Crippen LogP contribution in [0, 0.1) is 43.9 Å². The fourth-order valence-electron chi connectivity index (χ4n) is 12.0. The minimum atomic E-state index is -1.30. The standard InChI is InChI=1S/C33H45ClN3O6.C32H45ClN2O5.C3H7.CH4.Y/c1-18-11-10-12-20(3)33(40)17-26(41-23(6)36-33)21(4)30-32(7,43-30)27(42-31(39)22(5)35-8)16-28(38)37(9)25-15-24(13-18)14-19(2)29(25)34;1-18(2)38-27-16-28(36)35(9)25-15-24(14-20(4)29(25)33)13-19(3)11-10-12-21(5)32(37)17-26(39-23(7)34-32)22(6)30-31(27,8)40-30;1-3-2;;/h10-12,14-15,20-22,26-27,30,36,40H,6,13,16-17H2,1-5,7-9H3;10-12,14-15,18,21-22,26-27,30,34,37H,7,13,16-17H2,1-6,8-9H3;3H,1-2H3;1H4;/q-1;;-1;;/b12-10+,18-11+;12-10+,19-11+;;;/t20?,21?,22-,26?,27?,30?,32?,33?;;;;/m0..../s1. The summed E-state index contributed by atoms with van der Waals surface area (Å²) in [5, 5.41) is 34.5. The third-order valence-corrected chi connectivity index (χ3v) is 18.7. The Kier molecular flexibility index (Phi) is 27.3. The molecule has 4 N–H and O–H groups in total. The molecule has 6 aliphatic rings. The van der Waals surface area contributed by atoms with Gasteiger partial charge >= 0.3 is 0 Å². The summed E-state index contributed by atoms with van der Waals surface area (Å²) >= 11 is 13.4. The number of hydrogen-bond acceptors (Lipinski definition) is 13. The Balaban J connectivity index is 0.000000353. The molecule has 0 saturated carbocycles. The number of anilines is 2. The fraction of sp³-hybridized carbons (Fsp3) is 0.594. The number of aliphatic hydroxyl groups is 2. The van der Waals surface area contributed by atoms with E-state index < -0.39 is 59.1 Å². The monoisotopic (exact) mass is 1330 g/mol. The van der Waals surface area contributed by atoms with Gasteiger partial charge in [-0.3, -0.25) is 14.4 Å². The van der Waals surface area contributed by atoms with Crippen LogP contribution >= 0.6 is 23.2 Å². The Morgan fingerprint density at radius 2 is 1.10 bits per heavy atom. The van der Waals surface area contributed by atoms with Crippen LogP contribution in [0.5, 0.6) is 0 Å². The van der Waals surface area contributed by atoms with Crippen molar-refractivity contribution in [1.82, 2.24) is 10.6 Å². The second-order valence-electron chi connectivity index (χ2n) is 25.5. The van der Waals surface area contributed by atoms with Crippen LogP contribution in [-0.2, 0) is 88.4 Å². The molecule has 0 aromatic heterocycles. The molecular weight excluding hydrogens is 1230 g/mol. The summed E-state index contributed by atoms with van der Waals surface area (Å²) < 4.78 is 37.0. The van der Waals surface area contributed by atoms with Gasteiger partial charge in [-0.15, -0.1) is 0 Å². The summed E-state index contributed by atoms with van der Waals surface area (Å²) in [5.41, 5.74) is 3.15. The Hall–Kier alpha value is -4.07. The molecule has 19 heteroatoms. The van der Waals surface area contributed by atoms with E-state index in [1.54, 1.807) is 33.0 Å². The molecule has 2 aromatic rings. The molecule has 8 bridgehead atoms. The maximum absolute atomic E-state index is 13.8. The average molecular weight is 1340 g/mol. The summed E-state index contributed by atoms with van der Waals surface area (Å²) in [4.78, 5) is 43.6. The molecule has 88 heavy (non-hydrogen) atoms. The molecule has 0 spiro atoms. The van der Waals surface area contributed by atoms with E-state index in [9.17, 15) is 24.6 Å². The van der Waals surface area contributed by atoms with Crippen molar-refractivity contribution in [3.63, 3.8) is 0 Å². The molecule has 15 atom stereocenters. The summed E-state index contributed by atoms with van der Waals surface area (Å²) in [6.45, 7) is 37.3. The molecule has 2 amide bonds. The van der Waals surface area contributed by atoms with Crippen LogP contribution in [0.1, 0.15) is 145 Å². The van der Waals surface area contributed by atoms with Gasteiger partial charge in [0.15, 0.2) is 11.8 Å².